The molecule has 11 atom stereocenters. The predicted octanol–water partition coefficient (Wildman–Crippen LogP) is 11.8. The molecule has 10 rings (SSSR count). The molecule has 2 aliphatic rings. The minimum absolute atomic E-state index is 0.139. The number of aliphatic hydroxyl groups excluding tert-OH is 1. The lowest BCUT2D eigenvalue weighted by Crippen LogP contribution is -2.62. The van der Waals surface area contributed by atoms with Crippen molar-refractivity contribution in [2.75, 3.05) is 26.4 Å². The largest absolute Gasteiger partial charge is 0.388 e. The fraction of sp³-hybridized carbons (Fsp3) is 0.324. The maximum absolute atomic E-state index is 12.1. The monoisotopic (exact) mass is 1140 g/mol. The zero-order valence-corrected chi connectivity index (χ0v) is 47.3. The second-order valence-corrected chi connectivity index (χ2v) is 21.0. The molecule has 8 aromatic carbocycles. The van der Waals surface area contributed by atoms with Gasteiger partial charge in [0.2, 0.25) is 0 Å². The van der Waals surface area contributed by atoms with Gasteiger partial charge in [0.25, 0.3) is 0 Å². The molecule has 2 heterocycles. The minimum atomic E-state index is -1.20. The zero-order chi connectivity index (χ0) is 57.2. The fourth-order valence-corrected chi connectivity index (χ4v) is 10.2. The molecule has 2 saturated heterocycles. The molecule has 13 nitrogen and oxygen atoms in total. The molecule has 0 saturated carbocycles. The van der Waals surface area contributed by atoms with Crippen LogP contribution in [0.1, 0.15) is 44.5 Å². The molecule has 8 aromatic rings. The van der Waals surface area contributed by atoms with Crippen molar-refractivity contribution < 1.29 is 61.9 Å². The molecule has 0 radical (unpaired) electrons. The van der Waals surface area contributed by atoms with Crippen molar-refractivity contribution in [3.8, 4) is 0 Å². The Hall–Kier alpha value is -6.76. The van der Waals surface area contributed by atoms with Gasteiger partial charge in [-0.1, -0.05) is 243 Å². The average Bonchev–Trinajstić information content (AvgIpc) is 2.58. The Labute approximate surface area is 493 Å². The quantitative estimate of drug-likeness (QED) is 0.0430. The Morgan fingerprint density at radius 3 is 0.726 bits per heavy atom. The van der Waals surface area contributed by atoms with Crippen LogP contribution in [0.3, 0.4) is 0 Å². The van der Waals surface area contributed by atoms with Gasteiger partial charge in [-0.25, -0.2) is 0 Å². The number of hydrogen-bond acceptors (Lipinski definition) is 13. The van der Waals surface area contributed by atoms with E-state index in [-0.39, 0.29) is 66.1 Å². The van der Waals surface area contributed by atoms with E-state index in [9.17, 15) is 5.11 Å². The number of hydrogen-bond donors (Lipinski definition) is 1. The summed E-state index contributed by atoms with van der Waals surface area (Å²) in [5.74, 6) is 0. The first kappa shape index (κ1) is 60.4. The van der Waals surface area contributed by atoms with Crippen LogP contribution in [0.15, 0.2) is 243 Å². The first-order valence-electron chi connectivity index (χ1n) is 29.0. The molecular formula is C71H76O13. The van der Waals surface area contributed by atoms with Gasteiger partial charge < -0.3 is 61.9 Å². The van der Waals surface area contributed by atoms with Crippen molar-refractivity contribution in [3.05, 3.63) is 287 Å². The van der Waals surface area contributed by atoms with Crippen molar-refractivity contribution in [2.45, 2.75) is 120 Å². The van der Waals surface area contributed by atoms with E-state index in [0.717, 1.165) is 44.5 Å². The topological polar surface area (TPSA) is 131 Å². The molecule has 0 spiro atoms. The predicted molar refractivity (Wildman–Crippen MR) is 318 cm³/mol. The van der Waals surface area contributed by atoms with Crippen LogP contribution in [0.5, 0.6) is 0 Å². The molecule has 0 bridgehead atoms. The highest BCUT2D eigenvalue weighted by atomic mass is 16.7. The third kappa shape index (κ3) is 18.6. The molecule has 0 aromatic heterocycles. The molecule has 0 amide bonds. The van der Waals surface area contributed by atoms with Gasteiger partial charge in [0.15, 0.2) is 12.6 Å². The first-order valence-corrected chi connectivity index (χ1v) is 29.0. The summed E-state index contributed by atoms with van der Waals surface area (Å²) in [4.78, 5) is 0. The lowest BCUT2D eigenvalue weighted by atomic mass is 9.97. The van der Waals surface area contributed by atoms with E-state index in [1.165, 1.54) is 0 Å². The standard InChI is InChI=1S/C71H76O13/c72-61(49-81-70-68(79-47-59-37-21-7-22-38-59)66(77-45-57-33-17-5-18-34-57)64(75-43-55-29-13-3-14-30-55)62(83-70)51-73-41-53-25-9-1-10-26-53)50-82-71-69(80-48-60-39-23-8-24-40-60)67(78-46-58-35-19-6-20-36-58)65(76-44-56-31-15-4-16-32-56)63(84-71)52-74-42-54-27-11-2-12-28-54/h1-40,61-72H,41-52H2/t61?,62?,63?,64-,65-,66-,67?,68?,69-,70+,71+/m1/s1. The Kier molecular flexibility index (Phi) is 23.8. The highest BCUT2D eigenvalue weighted by Gasteiger charge is 2.51. The summed E-state index contributed by atoms with van der Waals surface area (Å²) in [6.45, 7) is 2.01. The van der Waals surface area contributed by atoms with Crippen LogP contribution in [0.4, 0.5) is 0 Å². The SMILES string of the molecule is OC(CO[C@H]1OC(COCc2ccccc2)[C@@H](OCc2ccccc2)[C@@H](OCc2ccccc2)C1OCc1ccccc1)CO[C@H]1OC(COCc2ccccc2)[C@@H](OCc2ccccc2)C(OCc2ccccc2)[C@H]1OCc1ccccc1. The molecule has 1 N–H and O–H groups in total. The zero-order valence-electron chi connectivity index (χ0n) is 47.3. The van der Waals surface area contributed by atoms with Crippen molar-refractivity contribution in [3.63, 3.8) is 0 Å². The number of ether oxygens (including phenoxy) is 12. The lowest BCUT2D eigenvalue weighted by Gasteiger charge is -2.46. The second kappa shape index (κ2) is 33.1. The number of aliphatic hydroxyl groups is 1. The van der Waals surface area contributed by atoms with E-state index in [4.69, 9.17) is 56.8 Å². The van der Waals surface area contributed by atoms with Crippen LogP contribution in [0.2, 0.25) is 0 Å². The highest BCUT2D eigenvalue weighted by molar-refractivity contribution is 5.20. The highest BCUT2D eigenvalue weighted by Crippen LogP contribution is 2.34. The summed E-state index contributed by atoms with van der Waals surface area (Å²) in [6.07, 6.45) is -9.27. The Morgan fingerprint density at radius 1 is 0.262 bits per heavy atom. The fourth-order valence-electron chi connectivity index (χ4n) is 10.2. The van der Waals surface area contributed by atoms with Gasteiger partial charge in [0, 0.05) is 0 Å². The normalized spacial score (nSPS) is 22.8. The second-order valence-electron chi connectivity index (χ2n) is 21.0. The molecule has 84 heavy (non-hydrogen) atoms. The molecule has 0 aliphatic carbocycles. The molecule has 2 fully saturated rings. The van der Waals surface area contributed by atoms with E-state index in [1.807, 2.05) is 243 Å². The van der Waals surface area contributed by atoms with Crippen LogP contribution in [-0.2, 0) is 110 Å². The molecule has 13 heteroatoms. The molecular weight excluding hydrogens is 1060 g/mol. The molecule has 438 valence electrons. The summed E-state index contributed by atoms with van der Waals surface area (Å²) in [5.41, 5.74) is 7.82. The van der Waals surface area contributed by atoms with Crippen LogP contribution >= 0.6 is 0 Å². The van der Waals surface area contributed by atoms with E-state index in [1.54, 1.807) is 0 Å². The van der Waals surface area contributed by atoms with E-state index in [0.29, 0.717) is 13.2 Å². The smallest absolute Gasteiger partial charge is 0.187 e. The van der Waals surface area contributed by atoms with Crippen LogP contribution in [0, 0.1) is 0 Å². The lowest BCUT2D eigenvalue weighted by molar-refractivity contribution is -0.338. The van der Waals surface area contributed by atoms with Gasteiger partial charge >= 0.3 is 0 Å². The Morgan fingerprint density at radius 2 is 0.476 bits per heavy atom. The maximum Gasteiger partial charge on any atom is 0.187 e. The Bertz CT molecular complexity index is 2800. The summed E-state index contributed by atoms with van der Waals surface area (Å²) in [5, 5.41) is 12.1. The maximum atomic E-state index is 12.1. The van der Waals surface area contributed by atoms with E-state index < -0.39 is 67.5 Å². The first-order chi connectivity index (χ1) is 41.6. The van der Waals surface area contributed by atoms with Crippen LogP contribution in [0.25, 0.3) is 0 Å². The minimum Gasteiger partial charge on any atom is -0.388 e. The average molecular weight is 1140 g/mol. The van der Waals surface area contributed by atoms with Crippen molar-refractivity contribution >= 4 is 0 Å². The number of benzene rings is 8. The third-order valence-electron chi connectivity index (χ3n) is 14.6. The summed E-state index contributed by atoms with van der Waals surface area (Å²) in [7, 11) is 0. The van der Waals surface area contributed by atoms with Crippen LogP contribution in [-0.4, -0.2) is 99.0 Å². The van der Waals surface area contributed by atoms with Gasteiger partial charge in [0.05, 0.1) is 79.3 Å². The summed E-state index contributed by atoms with van der Waals surface area (Å²) >= 11 is 0. The van der Waals surface area contributed by atoms with Crippen molar-refractivity contribution in [2.24, 2.45) is 0 Å². The molecule has 5 unspecified atom stereocenters. The third-order valence-corrected chi connectivity index (χ3v) is 14.6. The van der Waals surface area contributed by atoms with Gasteiger partial charge in [-0.2, -0.15) is 0 Å². The van der Waals surface area contributed by atoms with Crippen molar-refractivity contribution in [1.82, 2.24) is 0 Å². The van der Waals surface area contributed by atoms with Gasteiger partial charge in [-0.15, -0.1) is 0 Å². The number of rotatable bonds is 32. The molecule has 2 aliphatic heterocycles. The van der Waals surface area contributed by atoms with Crippen molar-refractivity contribution in [1.29, 1.82) is 0 Å². The Balaban J connectivity index is 0.917. The summed E-state index contributed by atoms with van der Waals surface area (Å²) in [6, 6.07) is 79.7. The van der Waals surface area contributed by atoms with E-state index in [2.05, 4.69) is 0 Å². The van der Waals surface area contributed by atoms with Crippen LogP contribution < -0.4 is 0 Å². The van der Waals surface area contributed by atoms with E-state index >= 15 is 0 Å². The summed E-state index contributed by atoms with van der Waals surface area (Å²) < 4.78 is 81.6. The van der Waals surface area contributed by atoms with Gasteiger partial charge in [0.1, 0.15) is 54.9 Å². The van der Waals surface area contributed by atoms with Gasteiger partial charge in [-0.05, 0) is 44.5 Å². The van der Waals surface area contributed by atoms with Gasteiger partial charge in [-0.3, -0.25) is 0 Å².